The van der Waals surface area contributed by atoms with Gasteiger partial charge in [0.05, 0.1) is 18.9 Å². The van der Waals surface area contributed by atoms with Crippen LogP contribution in [0, 0.1) is 5.92 Å². The van der Waals surface area contributed by atoms with Gasteiger partial charge < -0.3 is 9.84 Å². The summed E-state index contributed by atoms with van der Waals surface area (Å²) in [5.74, 6) is -0.485. The van der Waals surface area contributed by atoms with Gasteiger partial charge in [-0.2, -0.15) is 0 Å². The highest BCUT2D eigenvalue weighted by Gasteiger charge is 2.40. The minimum Gasteiger partial charge on any atom is -0.481 e. The minimum atomic E-state index is -0.907. The third-order valence-electron chi connectivity index (χ3n) is 3.11. The first kappa shape index (κ1) is 11.1. The Morgan fingerprint density at radius 2 is 2.38 bits per heavy atom. The molecular formula is C12H15NO3. The number of aromatic nitrogens is 1. The minimum absolute atomic E-state index is 0.336. The fraction of sp³-hybridized carbons (Fsp3) is 0.500. The molecule has 0 amide bonds. The van der Waals surface area contributed by atoms with Gasteiger partial charge in [-0.15, -0.1) is 0 Å². The van der Waals surface area contributed by atoms with Crippen LogP contribution in [0.3, 0.4) is 0 Å². The number of pyridine rings is 1. The van der Waals surface area contributed by atoms with Crippen LogP contribution in [-0.4, -0.2) is 29.3 Å². The number of ether oxygens (including phenoxy) is 1. The maximum Gasteiger partial charge on any atom is 0.315 e. The van der Waals surface area contributed by atoms with Crippen LogP contribution >= 0.6 is 0 Å². The average Bonchev–Trinajstić information content (AvgIpc) is 2.24. The van der Waals surface area contributed by atoms with E-state index in [-0.39, 0.29) is 0 Å². The van der Waals surface area contributed by atoms with E-state index in [9.17, 15) is 9.90 Å². The number of carboxylic acid groups (broad SMARTS) is 1. The van der Waals surface area contributed by atoms with E-state index in [0.717, 1.165) is 0 Å². The molecule has 1 aliphatic heterocycles. The Balaban J connectivity index is 2.24. The van der Waals surface area contributed by atoms with E-state index < -0.39 is 11.4 Å². The van der Waals surface area contributed by atoms with Crippen molar-refractivity contribution < 1.29 is 14.6 Å². The molecule has 1 aromatic rings. The fourth-order valence-electron chi connectivity index (χ4n) is 1.97. The van der Waals surface area contributed by atoms with Crippen LogP contribution in [-0.2, 0) is 14.9 Å². The number of carbonyl (C=O) groups is 1. The van der Waals surface area contributed by atoms with Crippen LogP contribution in [0.4, 0.5) is 0 Å². The highest BCUT2D eigenvalue weighted by Crippen LogP contribution is 2.32. The Kier molecular flexibility index (Phi) is 2.92. The second-order valence-corrected chi connectivity index (χ2v) is 4.46. The largest absolute Gasteiger partial charge is 0.481 e. The van der Waals surface area contributed by atoms with Gasteiger partial charge in [0, 0.05) is 12.1 Å². The van der Waals surface area contributed by atoms with E-state index in [4.69, 9.17) is 4.74 Å². The van der Waals surface area contributed by atoms with E-state index in [1.165, 1.54) is 0 Å². The molecule has 0 saturated carbocycles. The van der Waals surface area contributed by atoms with Crippen molar-refractivity contribution in [3.8, 4) is 0 Å². The lowest BCUT2D eigenvalue weighted by Crippen LogP contribution is -2.40. The maximum absolute atomic E-state index is 11.4. The van der Waals surface area contributed by atoms with E-state index in [0.29, 0.717) is 31.2 Å². The molecule has 0 bridgehead atoms. The van der Waals surface area contributed by atoms with Gasteiger partial charge in [0.2, 0.25) is 0 Å². The molecule has 1 aromatic heterocycles. The predicted molar refractivity (Wildman–Crippen MR) is 58.2 cm³/mol. The van der Waals surface area contributed by atoms with Crippen molar-refractivity contribution in [1.29, 1.82) is 0 Å². The molecule has 2 rings (SSSR count). The molecule has 4 nitrogen and oxygen atoms in total. The number of aliphatic carboxylic acids is 1. The molecule has 4 heteroatoms. The molecule has 1 saturated heterocycles. The molecule has 1 aliphatic rings. The van der Waals surface area contributed by atoms with Crippen molar-refractivity contribution in [2.75, 3.05) is 13.2 Å². The molecular weight excluding hydrogens is 206 g/mol. The number of hydrogen-bond acceptors (Lipinski definition) is 3. The first-order chi connectivity index (χ1) is 7.63. The molecule has 0 radical (unpaired) electrons. The van der Waals surface area contributed by atoms with Crippen molar-refractivity contribution in [1.82, 2.24) is 4.98 Å². The van der Waals surface area contributed by atoms with Gasteiger partial charge in [-0.3, -0.25) is 9.78 Å². The zero-order valence-electron chi connectivity index (χ0n) is 9.22. The number of carboxylic acids is 1. The maximum atomic E-state index is 11.4. The topological polar surface area (TPSA) is 59.4 Å². The van der Waals surface area contributed by atoms with Crippen molar-refractivity contribution in [3.63, 3.8) is 0 Å². The van der Waals surface area contributed by atoms with Gasteiger partial charge in [-0.25, -0.2) is 0 Å². The molecule has 2 heterocycles. The quantitative estimate of drug-likeness (QED) is 0.836. The van der Waals surface area contributed by atoms with Crippen LogP contribution in [0.5, 0.6) is 0 Å². The number of hydrogen-bond donors (Lipinski definition) is 1. The molecule has 1 unspecified atom stereocenters. The standard InChI is InChI=1S/C12H15NO3/c1-12(11(14)15,6-9-7-16-8-9)10-4-2-3-5-13-10/h2-5,9H,6-8H2,1H3,(H,14,15). The van der Waals surface area contributed by atoms with Crippen molar-refractivity contribution >= 4 is 5.97 Å². The van der Waals surface area contributed by atoms with Crippen LogP contribution < -0.4 is 0 Å². The molecule has 86 valence electrons. The highest BCUT2D eigenvalue weighted by molar-refractivity contribution is 5.80. The van der Waals surface area contributed by atoms with E-state index in [1.54, 1.807) is 25.3 Å². The van der Waals surface area contributed by atoms with E-state index >= 15 is 0 Å². The smallest absolute Gasteiger partial charge is 0.315 e. The van der Waals surface area contributed by atoms with Crippen LogP contribution in [0.25, 0.3) is 0 Å². The third-order valence-corrected chi connectivity index (χ3v) is 3.11. The van der Waals surface area contributed by atoms with Gasteiger partial charge in [0.15, 0.2) is 0 Å². The van der Waals surface area contributed by atoms with Gasteiger partial charge >= 0.3 is 5.97 Å². The molecule has 1 N–H and O–H groups in total. The number of nitrogens with zero attached hydrogens (tertiary/aromatic N) is 1. The lowest BCUT2D eigenvalue weighted by molar-refractivity contribution is -0.146. The fourth-order valence-corrected chi connectivity index (χ4v) is 1.97. The van der Waals surface area contributed by atoms with Crippen molar-refractivity contribution in [2.45, 2.75) is 18.8 Å². The average molecular weight is 221 g/mol. The summed E-state index contributed by atoms with van der Waals surface area (Å²) in [6.07, 6.45) is 2.22. The first-order valence-corrected chi connectivity index (χ1v) is 5.35. The Morgan fingerprint density at radius 3 is 2.81 bits per heavy atom. The monoisotopic (exact) mass is 221 g/mol. The lowest BCUT2D eigenvalue weighted by Gasteiger charge is -2.33. The summed E-state index contributed by atoms with van der Waals surface area (Å²) in [4.78, 5) is 15.6. The summed E-state index contributed by atoms with van der Waals surface area (Å²) in [6.45, 7) is 3.06. The summed E-state index contributed by atoms with van der Waals surface area (Å²) in [6, 6.07) is 5.38. The molecule has 0 aromatic carbocycles. The number of rotatable bonds is 4. The van der Waals surface area contributed by atoms with Crippen molar-refractivity contribution in [3.05, 3.63) is 30.1 Å². The highest BCUT2D eigenvalue weighted by atomic mass is 16.5. The van der Waals surface area contributed by atoms with Gasteiger partial charge in [0.25, 0.3) is 0 Å². The van der Waals surface area contributed by atoms with Crippen LogP contribution in [0.1, 0.15) is 19.0 Å². The lowest BCUT2D eigenvalue weighted by atomic mass is 9.77. The summed E-state index contributed by atoms with van der Waals surface area (Å²) in [5, 5.41) is 9.37. The normalized spacial score (nSPS) is 19.8. The van der Waals surface area contributed by atoms with Crippen LogP contribution in [0.2, 0.25) is 0 Å². The molecule has 1 fully saturated rings. The summed E-state index contributed by atoms with van der Waals surface area (Å²) >= 11 is 0. The Bertz CT molecular complexity index is 375. The Labute approximate surface area is 94.3 Å². The van der Waals surface area contributed by atoms with Crippen LogP contribution in [0.15, 0.2) is 24.4 Å². The molecule has 0 aliphatic carbocycles. The molecule has 0 spiro atoms. The van der Waals surface area contributed by atoms with Gasteiger partial charge in [0.1, 0.15) is 5.41 Å². The van der Waals surface area contributed by atoms with E-state index in [1.807, 2.05) is 6.07 Å². The summed E-state index contributed by atoms with van der Waals surface area (Å²) in [7, 11) is 0. The second kappa shape index (κ2) is 4.22. The second-order valence-electron chi connectivity index (χ2n) is 4.46. The van der Waals surface area contributed by atoms with E-state index in [2.05, 4.69) is 4.98 Å². The zero-order chi connectivity index (χ0) is 11.6. The third kappa shape index (κ3) is 1.93. The first-order valence-electron chi connectivity index (χ1n) is 5.35. The summed E-state index contributed by atoms with van der Waals surface area (Å²) in [5.41, 5.74) is -0.287. The molecule has 1 atom stereocenters. The van der Waals surface area contributed by atoms with Gasteiger partial charge in [-0.1, -0.05) is 6.07 Å². The summed E-state index contributed by atoms with van der Waals surface area (Å²) < 4.78 is 5.08. The zero-order valence-corrected chi connectivity index (χ0v) is 9.22. The SMILES string of the molecule is CC(CC1COC1)(C(=O)O)c1ccccn1. The molecule has 16 heavy (non-hydrogen) atoms. The van der Waals surface area contributed by atoms with Gasteiger partial charge in [-0.05, 0) is 25.5 Å². The Morgan fingerprint density at radius 1 is 1.62 bits per heavy atom. The predicted octanol–water partition coefficient (Wildman–Crippen LogP) is 1.46. The Hall–Kier alpha value is -1.42. The van der Waals surface area contributed by atoms with Crippen molar-refractivity contribution in [2.24, 2.45) is 5.92 Å².